The Morgan fingerprint density at radius 2 is 1.73 bits per heavy atom. The van der Waals surface area contributed by atoms with Gasteiger partial charge in [0.15, 0.2) is 9.84 Å². The minimum Gasteiger partial charge on any atom is -0.447 e. The van der Waals surface area contributed by atoms with Gasteiger partial charge in [0.25, 0.3) is 0 Å². The highest BCUT2D eigenvalue weighted by atomic mass is 32.2. The Kier molecular flexibility index (Phi) is 13.1. The van der Waals surface area contributed by atoms with Crippen LogP contribution in [0.5, 0.6) is 0 Å². The van der Waals surface area contributed by atoms with E-state index >= 15 is 0 Å². The molecule has 0 atom stereocenters. The van der Waals surface area contributed by atoms with E-state index in [0.717, 1.165) is 44.9 Å². The predicted molar refractivity (Wildman–Crippen MR) is 128 cm³/mol. The van der Waals surface area contributed by atoms with E-state index < -0.39 is 15.7 Å². The molecule has 1 aliphatic carbocycles. The Balaban J connectivity index is 0.000000354. The number of piperidine rings is 1. The van der Waals surface area contributed by atoms with Crippen molar-refractivity contribution in [3.63, 3.8) is 0 Å². The lowest BCUT2D eigenvalue weighted by Gasteiger charge is -2.32. The second kappa shape index (κ2) is 14.9. The first kappa shape index (κ1) is 28.9. The molecule has 0 unspecified atom stereocenters. The number of carbonyl (C=O) groups excluding carboxylic acids is 1. The SMILES string of the molecule is C#C.CC(C)OC(=O)N1CCC(COC2CCCCC2)CC1.CS(=O)(=O)c1cccc(F)c1. The Hall–Kier alpha value is -2.11. The number of amides is 1. The van der Waals surface area contributed by atoms with Crippen LogP contribution in [0.1, 0.15) is 58.8 Å². The summed E-state index contributed by atoms with van der Waals surface area (Å²) in [6.45, 7) is 6.28. The van der Waals surface area contributed by atoms with Gasteiger partial charge in [0.2, 0.25) is 0 Å². The van der Waals surface area contributed by atoms with Crippen LogP contribution in [-0.4, -0.2) is 57.6 Å². The van der Waals surface area contributed by atoms with Crippen molar-refractivity contribution in [1.82, 2.24) is 4.90 Å². The standard InChI is InChI=1S/C16H29NO3.C7H7FO2S.C2H2/c1-13(2)20-16(18)17-10-8-14(9-11-17)12-19-15-6-4-3-5-7-15;1-11(9,10)7-4-2-3-6(8)5-7;1-2/h13-15H,3-12H2,1-2H3;2-5H,1H3;1-2H. The molecule has 0 N–H and O–H groups in total. The summed E-state index contributed by atoms with van der Waals surface area (Å²) >= 11 is 0. The van der Waals surface area contributed by atoms with E-state index in [4.69, 9.17) is 9.47 Å². The summed E-state index contributed by atoms with van der Waals surface area (Å²) in [6.07, 6.45) is 17.9. The summed E-state index contributed by atoms with van der Waals surface area (Å²) in [5, 5.41) is 0. The van der Waals surface area contributed by atoms with Crippen molar-refractivity contribution in [1.29, 1.82) is 0 Å². The third-order valence-electron chi connectivity index (χ3n) is 5.55. The average Bonchev–Trinajstić information content (AvgIpc) is 2.79. The number of sulfone groups is 1. The zero-order chi connectivity index (χ0) is 24.9. The Labute approximate surface area is 198 Å². The van der Waals surface area contributed by atoms with E-state index in [1.165, 1.54) is 50.3 Å². The van der Waals surface area contributed by atoms with Crippen LogP contribution in [-0.2, 0) is 19.3 Å². The van der Waals surface area contributed by atoms with Crippen LogP contribution in [0, 0.1) is 24.6 Å². The van der Waals surface area contributed by atoms with Gasteiger partial charge >= 0.3 is 6.09 Å². The van der Waals surface area contributed by atoms with Crippen molar-refractivity contribution in [2.24, 2.45) is 5.92 Å². The molecule has 0 spiro atoms. The molecule has 6 nitrogen and oxygen atoms in total. The number of hydrogen-bond donors (Lipinski definition) is 0. The summed E-state index contributed by atoms with van der Waals surface area (Å²) in [5.41, 5.74) is 0. The fourth-order valence-electron chi connectivity index (χ4n) is 3.76. The van der Waals surface area contributed by atoms with Gasteiger partial charge in [-0.15, -0.1) is 12.8 Å². The first-order valence-corrected chi connectivity index (χ1v) is 13.4. The molecule has 0 bridgehead atoms. The summed E-state index contributed by atoms with van der Waals surface area (Å²) in [6, 6.07) is 4.92. The van der Waals surface area contributed by atoms with Gasteiger partial charge in [-0.05, 0) is 63.6 Å². The number of ether oxygens (including phenoxy) is 2. The van der Waals surface area contributed by atoms with Crippen molar-refractivity contribution in [3.8, 4) is 12.8 Å². The lowest BCUT2D eigenvalue weighted by atomic mass is 9.96. The topological polar surface area (TPSA) is 72.9 Å². The molecular formula is C25H38FNO5S. The maximum Gasteiger partial charge on any atom is 0.410 e. The average molecular weight is 484 g/mol. The number of nitrogens with zero attached hydrogens (tertiary/aromatic N) is 1. The molecule has 33 heavy (non-hydrogen) atoms. The zero-order valence-electron chi connectivity index (χ0n) is 20.0. The Morgan fingerprint density at radius 1 is 1.12 bits per heavy atom. The zero-order valence-corrected chi connectivity index (χ0v) is 20.9. The second-order valence-corrected chi connectivity index (χ2v) is 10.7. The molecule has 2 fully saturated rings. The van der Waals surface area contributed by atoms with Gasteiger partial charge in [0.1, 0.15) is 5.82 Å². The number of terminal acetylenes is 1. The summed E-state index contributed by atoms with van der Waals surface area (Å²) in [7, 11) is -3.27. The third kappa shape index (κ3) is 11.5. The van der Waals surface area contributed by atoms with Crippen LogP contribution in [0.25, 0.3) is 0 Å². The quantitative estimate of drug-likeness (QED) is 0.547. The van der Waals surface area contributed by atoms with Crippen molar-refractivity contribution >= 4 is 15.9 Å². The van der Waals surface area contributed by atoms with Crippen molar-refractivity contribution in [2.75, 3.05) is 26.0 Å². The van der Waals surface area contributed by atoms with E-state index in [-0.39, 0.29) is 17.1 Å². The van der Waals surface area contributed by atoms with Gasteiger partial charge in [-0.1, -0.05) is 25.3 Å². The number of hydrogen-bond acceptors (Lipinski definition) is 5. The van der Waals surface area contributed by atoms with Crippen LogP contribution >= 0.6 is 0 Å². The van der Waals surface area contributed by atoms with Gasteiger partial charge in [-0.25, -0.2) is 17.6 Å². The van der Waals surface area contributed by atoms with E-state index in [1.807, 2.05) is 18.7 Å². The Bertz CT molecular complexity index is 826. The summed E-state index contributed by atoms with van der Waals surface area (Å²) in [4.78, 5) is 13.6. The Morgan fingerprint density at radius 3 is 2.21 bits per heavy atom. The molecule has 1 amide bonds. The van der Waals surface area contributed by atoms with E-state index in [1.54, 1.807) is 0 Å². The van der Waals surface area contributed by atoms with Crippen molar-refractivity contribution in [3.05, 3.63) is 30.1 Å². The molecule has 0 radical (unpaired) electrons. The molecule has 1 aromatic rings. The number of halogens is 1. The highest BCUT2D eigenvalue weighted by Gasteiger charge is 2.25. The van der Waals surface area contributed by atoms with Gasteiger partial charge in [0, 0.05) is 26.0 Å². The van der Waals surface area contributed by atoms with Crippen LogP contribution in [0.4, 0.5) is 9.18 Å². The molecule has 186 valence electrons. The normalized spacial score (nSPS) is 17.4. The summed E-state index contributed by atoms with van der Waals surface area (Å²) in [5.74, 6) is 0.0768. The second-order valence-electron chi connectivity index (χ2n) is 8.69. The summed E-state index contributed by atoms with van der Waals surface area (Å²) < 4.78 is 45.4. The van der Waals surface area contributed by atoms with E-state index in [0.29, 0.717) is 12.0 Å². The lowest BCUT2D eigenvalue weighted by Crippen LogP contribution is -2.40. The molecule has 1 aromatic carbocycles. The first-order valence-electron chi connectivity index (χ1n) is 11.5. The number of rotatable bonds is 5. The van der Waals surface area contributed by atoms with Crippen molar-refractivity contribution < 1.29 is 27.1 Å². The molecule has 0 aromatic heterocycles. The lowest BCUT2D eigenvalue weighted by molar-refractivity contribution is -0.00662. The maximum absolute atomic E-state index is 12.4. The van der Waals surface area contributed by atoms with E-state index in [9.17, 15) is 17.6 Å². The van der Waals surface area contributed by atoms with Crippen LogP contribution in [0.3, 0.4) is 0 Å². The van der Waals surface area contributed by atoms with Crippen LogP contribution in [0.15, 0.2) is 29.2 Å². The van der Waals surface area contributed by atoms with Crippen LogP contribution in [0.2, 0.25) is 0 Å². The minimum absolute atomic E-state index is 0.0116. The minimum atomic E-state index is -3.27. The molecule has 3 rings (SSSR count). The van der Waals surface area contributed by atoms with Gasteiger partial charge < -0.3 is 14.4 Å². The van der Waals surface area contributed by atoms with Crippen LogP contribution < -0.4 is 0 Å². The van der Waals surface area contributed by atoms with Gasteiger partial charge in [0.05, 0.1) is 17.1 Å². The fourth-order valence-corrected chi connectivity index (χ4v) is 4.41. The maximum atomic E-state index is 12.4. The van der Waals surface area contributed by atoms with Gasteiger partial charge in [-0.3, -0.25) is 0 Å². The molecular weight excluding hydrogens is 445 g/mol. The highest BCUT2D eigenvalue weighted by Crippen LogP contribution is 2.24. The molecule has 1 saturated carbocycles. The first-order chi connectivity index (χ1) is 15.6. The highest BCUT2D eigenvalue weighted by molar-refractivity contribution is 7.90. The number of likely N-dealkylation sites (tertiary alicyclic amines) is 1. The van der Waals surface area contributed by atoms with Gasteiger partial charge in [-0.2, -0.15) is 0 Å². The third-order valence-corrected chi connectivity index (χ3v) is 6.66. The molecule has 8 heteroatoms. The largest absolute Gasteiger partial charge is 0.447 e. The molecule has 2 aliphatic rings. The van der Waals surface area contributed by atoms with Crippen molar-refractivity contribution in [2.45, 2.75) is 75.9 Å². The monoisotopic (exact) mass is 483 g/mol. The smallest absolute Gasteiger partial charge is 0.410 e. The fraction of sp³-hybridized carbons (Fsp3) is 0.640. The molecule has 1 heterocycles. The number of carbonyl (C=O) groups is 1. The molecule has 1 aliphatic heterocycles. The molecule has 1 saturated heterocycles. The number of benzene rings is 1. The van der Waals surface area contributed by atoms with E-state index in [2.05, 4.69) is 12.8 Å². The predicted octanol–water partition coefficient (Wildman–Crippen LogP) is 5.07.